The van der Waals surface area contributed by atoms with E-state index in [2.05, 4.69) is 0 Å². The van der Waals surface area contributed by atoms with Crippen molar-refractivity contribution in [2.75, 3.05) is 0 Å². The number of rotatable bonds is 0. The molecule has 0 aromatic carbocycles. The van der Waals surface area contributed by atoms with Gasteiger partial charge in [0.1, 0.15) is 0 Å². The van der Waals surface area contributed by atoms with E-state index in [1.165, 1.54) is 0 Å². The lowest BCUT2D eigenvalue weighted by molar-refractivity contribution is -0.141. The van der Waals surface area contributed by atoms with Crippen molar-refractivity contribution in [3.8, 4) is 0 Å². The van der Waals surface area contributed by atoms with Crippen LogP contribution >= 0.6 is 0 Å². The average molecular weight is 158 g/mol. The third-order valence-corrected chi connectivity index (χ3v) is 3.06. The summed E-state index contributed by atoms with van der Waals surface area (Å²) in [6.45, 7) is 0. The smallest absolute Gasteiger partial charge is 0.0620 e. The molecule has 0 radical (unpaired) electrons. The van der Waals surface area contributed by atoms with E-state index >= 15 is 0 Å². The Kier molecular flexibility index (Phi) is 1.67. The minimum atomic E-state index is -0.479. The fourth-order valence-corrected chi connectivity index (χ4v) is 2.55. The van der Waals surface area contributed by atoms with Crippen molar-refractivity contribution in [2.45, 2.75) is 37.6 Å². The van der Waals surface area contributed by atoms with Crippen molar-refractivity contribution in [3.63, 3.8) is 0 Å². The van der Waals surface area contributed by atoms with Crippen LogP contribution in [0.25, 0.3) is 0 Å². The summed E-state index contributed by atoms with van der Waals surface area (Å²) in [5.41, 5.74) is 0. The normalized spacial score (nSPS) is 56.5. The summed E-state index contributed by atoms with van der Waals surface area (Å²) in [4.78, 5) is 0. The molecule has 0 aliphatic heterocycles. The summed E-state index contributed by atoms with van der Waals surface area (Å²) in [6.07, 6.45) is 0.851. The van der Waals surface area contributed by atoms with Crippen LogP contribution in [0.5, 0.6) is 0 Å². The molecule has 3 nitrogen and oxygen atoms in total. The van der Waals surface area contributed by atoms with Gasteiger partial charge < -0.3 is 15.3 Å². The first-order valence-corrected chi connectivity index (χ1v) is 4.22. The number of aliphatic hydroxyl groups is 3. The maximum Gasteiger partial charge on any atom is 0.0620 e. The molecule has 3 aliphatic carbocycles. The molecule has 0 aromatic heterocycles. The lowest BCUT2D eigenvalue weighted by Crippen LogP contribution is -2.52. The molecule has 3 unspecified atom stereocenters. The lowest BCUT2D eigenvalue weighted by atomic mass is 9.66. The van der Waals surface area contributed by atoms with Gasteiger partial charge in [0.15, 0.2) is 0 Å². The second-order valence-corrected chi connectivity index (χ2v) is 3.85. The van der Waals surface area contributed by atoms with Crippen molar-refractivity contribution in [3.05, 3.63) is 0 Å². The maximum absolute atomic E-state index is 9.42. The highest BCUT2D eigenvalue weighted by Gasteiger charge is 2.46. The van der Waals surface area contributed by atoms with E-state index in [1.54, 1.807) is 0 Å². The highest BCUT2D eigenvalue weighted by atomic mass is 16.3. The Hall–Kier alpha value is -0.120. The van der Waals surface area contributed by atoms with Crippen LogP contribution in [0, 0.1) is 11.8 Å². The summed E-state index contributed by atoms with van der Waals surface area (Å²) in [5, 5.41) is 28.3. The molecule has 64 valence electrons. The number of hydrogen-bond donors (Lipinski definition) is 3. The molecule has 0 spiro atoms. The Morgan fingerprint density at radius 2 is 1.09 bits per heavy atom. The highest BCUT2D eigenvalue weighted by Crippen LogP contribution is 2.41. The number of fused-ring (bicyclic) bond motifs is 3. The molecule has 3 fully saturated rings. The second kappa shape index (κ2) is 2.44. The van der Waals surface area contributed by atoms with Crippen LogP contribution in [0.1, 0.15) is 19.3 Å². The molecule has 3 rings (SSSR count). The van der Waals surface area contributed by atoms with E-state index in [0.717, 1.165) is 19.3 Å². The van der Waals surface area contributed by atoms with Crippen LogP contribution in [0.4, 0.5) is 0 Å². The Labute approximate surface area is 65.7 Å². The van der Waals surface area contributed by atoms with Crippen LogP contribution in [-0.2, 0) is 0 Å². The Balaban J connectivity index is 2.16. The summed E-state index contributed by atoms with van der Waals surface area (Å²) < 4.78 is 0. The SMILES string of the molecule is OC1CC2CC(O)C1C(O)C2. The molecule has 3 saturated carbocycles. The van der Waals surface area contributed by atoms with Gasteiger partial charge in [-0.15, -0.1) is 0 Å². The van der Waals surface area contributed by atoms with Crippen LogP contribution in [0.3, 0.4) is 0 Å². The van der Waals surface area contributed by atoms with Gasteiger partial charge in [-0.05, 0) is 25.2 Å². The van der Waals surface area contributed by atoms with Crippen molar-refractivity contribution < 1.29 is 15.3 Å². The van der Waals surface area contributed by atoms with Gasteiger partial charge in [0, 0.05) is 5.92 Å². The van der Waals surface area contributed by atoms with Crippen LogP contribution < -0.4 is 0 Å². The topological polar surface area (TPSA) is 60.7 Å². The van der Waals surface area contributed by atoms with Gasteiger partial charge in [0.05, 0.1) is 18.3 Å². The van der Waals surface area contributed by atoms with Gasteiger partial charge in [0.25, 0.3) is 0 Å². The van der Waals surface area contributed by atoms with E-state index in [-0.39, 0.29) is 5.92 Å². The number of hydrogen-bond acceptors (Lipinski definition) is 3. The van der Waals surface area contributed by atoms with Crippen molar-refractivity contribution in [2.24, 2.45) is 11.8 Å². The molecular weight excluding hydrogens is 144 g/mol. The van der Waals surface area contributed by atoms with Crippen LogP contribution in [-0.4, -0.2) is 33.6 Å². The summed E-state index contributed by atoms with van der Waals surface area (Å²) in [6, 6.07) is 0. The molecule has 0 heterocycles. The first-order valence-electron chi connectivity index (χ1n) is 4.22. The average Bonchev–Trinajstić information content (AvgIpc) is 1.82. The molecule has 3 heteroatoms. The quantitative estimate of drug-likeness (QED) is 0.445. The molecule has 3 atom stereocenters. The van der Waals surface area contributed by atoms with Crippen molar-refractivity contribution in [1.29, 1.82) is 0 Å². The van der Waals surface area contributed by atoms with Gasteiger partial charge in [0.2, 0.25) is 0 Å². The molecule has 3 N–H and O–H groups in total. The minimum absolute atomic E-state index is 0.278. The van der Waals surface area contributed by atoms with Crippen LogP contribution in [0.2, 0.25) is 0 Å². The molecule has 3 aliphatic rings. The van der Waals surface area contributed by atoms with E-state index < -0.39 is 18.3 Å². The summed E-state index contributed by atoms with van der Waals surface area (Å²) in [5.74, 6) is 0.0556. The third-order valence-electron chi connectivity index (χ3n) is 3.06. The van der Waals surface area contributed by atoms with E-state index in [9.17, 15) is 15.3 Å². The van der Waals surface area contributed by atoms with E-state index in [4.69, 9.17) is 0 Å². The molecule has 0 aromatic rings. The zero-order valence-corrected chi connectivity index (χ0v) is 6.35. The maximum atomic E-state index is 9.42. The van der Waals surface area contributed by atoms with Crippen molar-refractivity contribution >= 4 is 0 Å². The highest BCUT2D eigenvalue weighted by molar-refractivity contribution is 4.96. The fourth-order valence-electron chi connectivity index (χ4n) is 2.55. The Morgan fingerprint density at radius 3 is 1.27 bits per heavy atom. The molecule has 11 heavy (non-hydrogen) atoms. The predicted octanol–water partition coefficient (Wildman–Crippen LogP) is -0.501. The monoisotopic (exact) mass is 158 g/mol. The predicted molar refractivity (Wildman–Crippen MR) is 38.9 cm³/mol. The molecular formula is C8H14O3. The van der Waals surface area contributed by atoms with Gasteiger partial charge in [-0.2, -0.15) is 0 Å². The van der Waals surface area contributed by atoms with E-state index in [1.807, 2.05) is 0 Å². The fraction of sp³-hybridized carbons (Fsp3) is 1.00. The first kappa shape index (κ1) is 7.53. The van der Waals surface area contributed by atoms with Gasteiger partial charge in [-0.1, -0.05) is 0 Å². The van der Waals surface area contributed by atoms with E-state index in [0.29, 0.717) is 5.92 Å². The summed E-state index contributed by atoms with van der Waals surface area (Å²) >= 11 is 0. The van der Waals surface area contributed by atoms with Crippen LogP contribution in [0.15, 0.2) is 0 Å². The van der Waals surface area contributed by atoms with Crippen molar-refractivity contribution in [1.82, 2.24) is 0 Å². The third kappa shape index (κ3) is 1.08. The van der Waals surface area contributed by atoms with Gasteiger partial charge in [-0.3, -0.25) is 0 Å². The Morgan fingerprint density at radius 1 is 0.727 bits per heavy atom. The largest absolute Gasteiger partial charge is 0.393 e. The minimum Gasteiger partial charge on any atom is -0.393 e. The molecule has 0 saturated heterocycles. The first-order chi connectivity index (χ1) is 5.18. The Bertz CT molecular complexity index is 131. The lowest BCUT2D eigenvalue weighted by Gasteiger charge is -2.46. The van der Waals surface area contributed by atoms with Gasteiger partial charge in [-0.25, -0.2) is 0 Å². The van der Waals surface area contributed by atoms with Gasteiger partial charge >= 0.3 is 0 Å². The standard InChI is InChI=1S/C8H14O3/c9-5-1-4-2-6(10)8(5)7(11)3-4/h4-11H,1-3H2. The second-order valence-electron chi connectivity index (χ2n) is 3.85. The number of aliphatic hydroxyl groups excluding tert-OH is 3. The zero-order valence-electron chi connectivity index (χ0n) is 6.35. The molecule has 0 amide bonds. The zero-order chi connectivity index (χ0) is 8.01. The summed E-state index contributed by atoms with van der Waals surface area (Å²) in [7, 11) is 0. The molecule has 2 bridgehead atoms.